The Labute approximate surface area is 114 Å². The fourth-order valence-electron chi connectivity index (χ4n) is 1.82. The monoisotopic (exact) mass is 251 g/mol. The number of aliphatic hydroxyl groups is 1. The first kappa shape index (κ1) is 13.2. The van der Waals surface area contributed by atoms with Crippen LogP contribution in [0, 0.1) is 11.8 Å². The number of para-hydroxylation sites is 1. The summed E-state index contributed by atoms with van der Waals surface area (Å²) < 4.78 is 0. The molecule has 1 N–H and O–H groups in total. The van der Waals surface area contributed by atoms with Gasteiger partial charge in [0, 0.05) is 17.8 Å². The minimum absolute atomic E-state index is 0.127. The summed E-state index contributed by atoms with van der Waals surface area (Å²) in [6.45, 7) is 1.33. The van der Waals surface area contributed by atoms with E-state index in [1.807, 2.05) is 60.7 Å². The second-order valence-electron chi connectivity index (χ2n) is 4.15. The van der Waals surface area contributed by atoms with Crippen LogP contribution in [0.25, 0.3) is 0 Å². The molecule has 0 amide bonds. The van der Waals surface area contributed by atoms with Gasteiger partial charge in [-0.15, -0.1) is 0 Å². The van der Waals surface area contributed by atoms with Crippen molar-refractivity contribution in [2.45, 2.75) is 0 Å². The Hall–Kier alpha value is -2.24. The van der Waals surface area contributed by atoms with Crippen LogP contribution >= 0.6 is 0 Å². The Morgan fingerprint density at radius 3 is 2.16 bits per heavy atom. The second kappa shape index (κ2) is 7.25. The summed E-state index contributed by atoms with van der Waals surface area (Å²) in [5.74, 6) is 6.28. The van der Waals surface area contributed by atoms with Crippen molar-refractivity contribution in [2.75, 3.05) is 24.6 Å². The molecule has 0 unspecified atom stereocenters. The van der Waals surface area contributed by atoms with Gasteiger partial charge in [0.25, 0.3) is 0 Å². The molecule has 96 valence electrons. The molecular weight excluding hydrogens is 234 g/mol. The maximum absolute atomic E-state index is 9.12. The molecule has 0 atom stereocenters. The van der Waals surface area contributed by atoms with Crippen molar-refractivity contribution in [2.24, 2.45) is 0 Å². The topological polar surface area (TPSA) is 23.5 Å². The van der Waals surface area contributed by atoms with E-state index < -0.39 is 0 Å². The summed E-state index contributed by atoms with van der Waals surface area (Å²) in [5, 5.41) is 9.12. The first-order chi connectivity index (χ1) is 9.40. The Balaban J connectivity index is 2.04. The van der Waals surface area contributed by atoms with E-state index >= 15 is 0 Å². The molecule has 19 heavy (non-hydrogen) atoms. The molecule has 2 aromatic rings. The van der Waals surface area contributed by atoms with Crippen LogP contribution in [0.1, 0.15) is 5.56 Å². The van der Waals surface area contributed by atoms with E-state index in [0.29, 0.717) is 13.1 Å². The second-order valence-corrected chi connectivity index (χ2v) is 4.15. The van der Waals surface area contributed by atoms with Gasteiger partial charge in [0.2, 0.25) is 0 Å². The van der Waals surface area contributed by atoms with E-state index in [1.54, 1.807) is 0 Å². The van der Waals surface area contributed by atoms with Crippen LogP contribution in [-0.2, 0) is 0 Å². The lowest BCUT2D eigenvalue weighted by Gasteiger charge is -2.20. The van der Waals surface area contributed by atoms with Gasteiger partial charge in [-0.2, -0.15) is 0 Å². The minimum atomic E-state index is 0.127. The van der Waals surface area contributed by atoms with Gasteiger partial charge in [-0.1, -0.05) is 48.2 Å². The van der Waals surface area contributed by atoms with Gasteiger partial charge in [0.15, 0.2) is 0 Å². The molecule has 0 saturated carbocycles. The van der Waals surface area contributed by atoms with Crippen LogP contribution in [0.15, 0.2) is 60.7 Å². The largest absolute Gasteiger partial charge is 0.395 e. The Morgan fingerprint density at radius 2 is 1.53 bits per heavy atom. The van der Waals surface area contributed by atoms with E-state index in [-0.39, 0.29) is 6.61 Å². The maximum Gasteiger partial charge on any atom is 0.0799 e. The first-order valence-corrected chi connectivity index (χ1v) is 6.35. The number of nitrogens with zero attached hydrogens (tertiary/aromatic N) is 1. The zero-order chi connectivity index (χ0) is 13.3. The number of anilines is 1. The van der Waals surface area contributed by atoms with Crippen molar-refractivity contribution in [3.63, 3.8) is 0 Å². The van der Waals surface area contributed by atoms with Crippen molar-refractivity contribution in [3.05, 3.63) is 66.2 Å². The SMILES string of the molecule is OCCN(CC#Cc1ccccc1)c1ccccc1. The third-order valence-corrected chi connectivity index (χ3v) is 2.77. The number of rotatable bonds is 4. The van der Waals surface area contributed by atoms with Crippen LogP contribution in [0.3, 0.4) is 0 Å². The van der Waals surface area contributed by atoms with Crippen LogP contribution in [0.2, 0.25) is 0 Å². The molecule has 0 fully saturated rings. The highest BCUT2D eigenvalue weighted by Crippen LogP contribution is 2.11. The predicted molar refractivity (Wildman–Crippen MR) is 79.1 cm³/mol. The van der Waals surface area contributed by atoms with E-state index in [2.05, 4.69) is 16.7 Å². The zero-order valence-electron chi connectivity index (χ0n) is 10.8. The molecule has 0 radical (unpaired) electrons. The van der Waals surface area contributed by atoms with Crippen molar-refractivity contribution in [3.8, 4) is 11.8 Å². The van der Waals surface area contributed by atoms with Crippen LogP contribution in [0.4, 0.5) is 5.69 Å². The molecule has 0 aromatic heterocycles. The lowest BCUT2D eigenvalue weighted by atomic mass is 10.2. The molecule has 0 aliphatic carbocycles. The number of hydrogen-bond acceptors (Lipinski definition) is 2. The van der Waals surface area contributed by atoms with Crippen molar-refractivity contribution in [1.29, 1.82) is 0 Å². The van der Waals surface area contributed by atoms with E-state index in [0.717, 1.165) is 11.3 Å². The van der Waals surface area contributed by atoms with Gasteiger partial charge >= 0.3 is 0 Å². The third-order valence-electron chi connectivity index (χ3n) is 2.77. The minimum Gasteiger partial charge on any atom is -0.395 e. The molecule has 0 bridgehead atoms. The highest BCUT2D eigenvalue weighted by Gasteiger charge is 2.02. The standard InChI is InChI=1S/C17H17NO/c19-15-14-18(17-11-5-2-6-12-17)13-7-10-16-8-3-1-4-9-16/h1-6,8-9,11-12,19H,13-15H2. The summed E-state index contributed by atoms with van der Waals surface area (Å²) in [4.78, 5) is 2.07. The highest BCUT2D eigenvalue weighted by molar-refractivity contribution is 5.47. The van der Waals surface area contributed by atoms with E-state index in [9.17, 15) is 0 Å². The fourth-order valence-corrected chi connectivity index (χ4v) is 1.82. The van der Waals surface area contributed by atoms with Gasteiger partial charge in [-0.25, -0.2) is 0 Å². The van der Waals surface area contributed by atoms with E-state index in [4.69, 9.17) is 5.11 Å². The number of aliphatic hydroxyl groups excluding tert-OH is 1. The molecule has 0 aliphatic rings. The summed E-state index contributed by atoms with van der Waals surface area (Å²) >= 11 is 0. The Bertz CT molecular complexity index is 540. The summed E-state index contributed by atoms with van der Waals surface area (Å²) in [5.41, 5.74) is 2.10. The quantitative estimate of drug-likeness (QED) is 0.844. The van der Waals surface area contributed by atoms with Gasteiger partial charge in [-0.3, -0.25) is 0 Å². The Morgan fingerprint density at radius 1 is 0.895 bits per heavy atom. The molecule has 0 heterocycles. The van der Waals surface area contributed by atoms with E-state index in [1.165, 1.54) is 0 Å². The number of hydrogen-bond donors (Lipinski definition) is 1. The van der Waals surface area contributed by atoms with Gasteiger partial charge in [-0.05, 0) is 24.3 Å². The predicted octanol–water partition coefficient (Wildman–Crippen LogP) is 2.54. The molecule has 0 saturated heterocycles. The molecule has 0 spiro atoms. The summed E-state index contributed by atoms with van der Waals surface area (Å²) in [6, 6.07) is 19.9. The smallest absolute Gasteiger partial charge is 0.0799 e. The van der Waals surface area contributed by atoms with Gasteiger partial charge in [0.05, 0.1) is 13.2 Å². The molecule has 0 aliphatic heterocycles. The molecular formula is C17H17NO. The highest BCUT2D eigenvalue weighted by atomic mass is 16.3. The van der Waals surface area contributed by atoms with Crippen LogP contribution in [-0.4, -0.2) is 24.8 Å². The molecule has 2 nitrogen and oxygen atoms in total. The van der Waals surface area contributed by atoms with Crippen molar-refractivity contribution < 1.29 is 5.11 Å². The average Bonchev–Trinajstić information content (AvgIpc) is 2.48. The summed E-state index contributed by atoms with van der Waals surface area (Å²) in [6.07, 6.45) is 0. The molecule has 2 heteroatoms. The van der Waals surface area contributed by atoms with Gasteiger partial charge < -0.3 is 10.0 Å². The first-order valence-electron chi connectivity index (χ1n) is 6.35. The normalized spacial score (nSPS) is 9.53. The van der Waals surface area contributed by atoms with Crippen LogP contribution in [0.5, 0.6) is 0 Å². The lowest BCUT2D eigenvalue weighted by molar-refractivity contribution is 0.303. The molecule has 2 rings (SSSR count). The number of benzene rings is 2. The summed E-state index contributed by atoms with van der Waals surface area (Å²) in [7, 11) is 0. The fraction of sp³-hybridized carbons (Fsp3) is 0.176. The average molecular weight is 251 g/mol. The van der Waals surface area contributed by atoms with Gasteiger partial charge in [0.1, 0.15) is 0 Å². The molecule has 2 aromatic carbocycles. The maximum atomic E-state index is 9.12. The third kappa shape index (κ3) is 4.17. The van der Waals surface area contributed by atoms with Crippen molar-refractivity contribution in [1.82, 2.24) is 0 Å². The Kier molecular flexibility index (Phi) is 5.04. The van der Waals surface area contributed by atoms with Crippen LogP contribution < -0.4 is 4.90 Å². The lowest BCUT2D eigenvalue weighted by Crippen LogP contribution is -2.26. The van der Waals surface area contributed by atoms with Crippen molar-refractivity contribution >= 4 is 5.69 Å². The zero-order valence-corrected chi connectivity index (χ0v) is 10.8.